The summed E-state index contributed by atoms with van der Waals surface area (Å²) in [4.78, 5) is 11.1. The van der Waals surface area contributed by atoms with Crippen LogP contribution in [0.15, 0.2) is 22.2 Å². The van der Waals surface area contributed by atoms with Gasteiger partial charge in [0.15, 0.2) is 0 Å². The van der Waals surface area contributed by atoms with E-state index in [1.54, 1.807) is 21.3 Å². The average molecular weight is 467 g/mol. The van der Waals surface area contributed by atoms with Gasteiger partial charge in [-0.05, 0) is 0 Å². The summed E-state index contributed by atoms with van der Waals surface area (Å²) in [5.74, 6) is 0.558. The molecule has 1 aliphatic heterocycles. The van der Waals surface area contributed by atoms with E-state index in [-0.39, 0.29) is 5.97 Å². The Morgan fingerprint density at radius 2 is 1.53 bits per heavy atom. The van der Waals surface area contributed by atoms with E-state index in [1.807, 2.05) is 6.08 Å². The predicted octanol–water partition coefficient (Wildman–Crippen LogP) is 7.38. The van der Waals surface area contributed by atoms with Crippen molar-refractivity contribution >= 4 is 25.1 Å². The van der Waals surface area contributed by atoms with Crippen LogP contribution >= 0.6 is 19.1 Å². The molecular weight excluding hydrogens is 427 g/mol. The molecule has 1 rings (SSSR count). The fraction of sp³-hybridized carbons (Fsp3) is 0.773. The van der Waals surface area contributed by atoms with Crippen LogP contribution in [0.2, 0.25) is 0 Å². The number of carbonyl (C=O) groups excluding carboxylic acids is 1. The van der Waals surface area contributed by atoms with Crippen LogP contribution in [0.1, 0.15) is 84.0 Å². The summed E-state index contributed by atoms with van der Waals surface area (Å²) in [5.41, 5.74) is 0. The van der Waals surface area contributed by atoms with Crippen molar-refractivity contribution < 1.29 is 27.6 Å². The molecule has 1 aliphatic rings. The fourth-order valence-corrected chi connectivity index (χ4v) is 7.08. The predicted molar refractivity (Wildman–Crippen MR) is 123 cm³/mol. The van der Waals surface area contributed by atoms with Crippen molar-refractivity contribution in [3.05, 3.63) is 22.2 Å². The van der Waals surface area contributed by atoms with Crippen LogP contribution in [0, 0.1) is 0 Å². The summed E-state index contributed by atoms with van der Waals surface area (Å²) < 4.78 is 28.3. The van der Waals surface area contributed by atoms with Crippen molar-refractivity contribution in [1.29, 1.82) is 0 Å². The molecule has 0 fully saturated rings. The summed E-state index contributed by atoms with van der Waals surface area (Å²) in [5, 5.41) is 1.26. The van der Waals surface area contributed by atoms with Gasteiger partial charge in [-0.15, -0.1) is 0 Å². The van der Waals surface area contributed by atoms with Crippen LogP contribution in [-0.4, -0.2) is 34.4 Å². The number of methoxy groups -OCH3 is 1. The molecule has 0 aromatic carbocycles. The van der Waals surface area contributed by atoms with Gasteiger partial charge in [-0.25, -0.2) is 0 Å². The zero-order valence-corrected chi connectivity index (χ0v) is 21.0. The molecule has 0 bridgehead atoms. The van der Waals surface area contributed by atoms with Crippen LogP contribution in [0.4, 0.5) is 0 Å². The molecule has 0 atom stereocenters. The maximum absolute atomic E-state index is 11.1. The third-order valence-corrected chi connectivity index (χ3v) is 9.65. The first-order valence-corrected chi connectivity index (χ1v) is 13.3. The van der Waals surface area contributed by atoms with Crippen LogP contribution in [0.3, 0.4) is 0 Å². The van der Waals surface area contributed by atoms with Gasteiger partial charge < -0.3 is 0 Å². The number of esters is 1. The van der Waals surface area contributed by atoms with Crippen molar-refractivity contribution in [1.82, 2.24) is 0 Å². The minimum absolute atomic E-state index is 0.141. The van der Waals surface area contributed by atoms with Crippen molar-refractivity contribution in [3.8, 4) is 0 Å². The van der Waals surface area contributed by atoms with Gasteiger partial charge >= 0.3 is 187 Å². The minimum atomic E-state index is -3.91. The Kier molecular flexibility index (Phi) is 12.5. The normalized spacial score (nSPS) is 20.1. The molecule has 0 saturated carbocycles. The second-order valence-corrected chi connectivity index (χ2v) is 11.2. The molecule has 0 saturated heterocycles. The summed E-state index contributed by atoms with van der Waals surface area (Å²) in [6.07, 6.45) is 13.6. The van der Waals surface area contributed by atoms with Gasteiger partial charge in [0.1, 0.15) is 0 Å². The number of unbranched alkanes of at least 4 members (excludes halogenated alkanes) is 8. The molecule has 0 amide bonds. The molecule has 30 heavy (non-hydrogen) atoms. The number of hydrogen-bond acceptors (Lipinski definition) is 6. The van der Waals surface area contributed by atoms with E-state index in [9.17, 15) is 4.79 Å². The van der Waals surface area contributed by atoms with Gasteiger partial charge in [0.05, 0.1) is 0 Å². The average Bonchev–Trinajstić information content (AvgIpc) is 3.02. The summed E-state index contributed by atoms with van der Waals surface area (Å²) >= 11 is 6.73. The summed E-state index contributed by atoms with van der Waals surface area (Å²) in [6.45, 7) is 2.19. The van der Waals surface area contributed by atoms with E-state index < -0.39 is 7.51 Å². The van der Waals surface area contributed by atoms with Crippen molar-refractivity contribution in [3.63, 3.8) is 0 Å². The second-order valence-electron chi connectivity index (χ2n) is 7.47. The molecule has 0 aliphatic carbocycles. The van der Waals surface area contributed by atoms with Crippen molar-refractivity contribution in [2.24, 2.45) is 0 Å². The summed E-state index contributed by atoms with van der Waals surface area (Å²) in [7, 11) is 2.15. The monoisotopic (exact) mass is 466 g/mol. The molecule has 176 valence electrons. The Morgan fingerprint density at radius 3 is 2.13 bits per heavy atom. The van der Waals surface area contributed by atoms with E-state index in [0.717, 1.165) is 57.8 Å². The molecule has 1 heterocycles. The Labute approximate surface area is 187 Å². The zero-order valence-electron chi connectivity index (χ0n) is 19.3. The molecule has 0 N–H and O–H groups in total. The molecule has 6 nitrogen and oxygen atoms in total. The number of allylic oxidation sites excluding steroid dienone is 4. The van der Waals surface area contributed by atoms with E-state index in [4.69, 9.17) is 29.7 Å². The summed E-state index contributed by atoms with van der Waals surface area (Å²) in [6, 6.07) is 0. The molecule has 0 aromatic heterocycles. The quantitative estimate of drug-likeness (QED) is 0.134. The van der Waals surface area contributed by atoms with E-state index in [0.29, 0.717) is 22.5 Å². The van der Waals surface area contributed by atoms with Gasteiger partial charge in [0.2, 0.25) is 0 Å². The van der Waals surface area contributed by atoms with E-state index in [2.05, 4.69) is 11.7 Å². The molecule has 0 aromatic rings. The number of halogens is 1. The van der Waals surface area contributed by atoms with Crippen molar-refractivity contribution in [2.75, 3.05) is 28.4 Å². The molecule has 0 radical (unpaired) electrons. The van der Waals surface area contributed by atoms with Gasteiger partial charge in [0.25, 0.3) is 0 Å². The third kappa shape index (κ3) is 6.93. The molecular formula is C22H40ClO6P. The topological polar surface area (TPSA) is 63.2 Å². The van der Waals surface area contributed by atoms with Crippen LogP contribution in [-0.2, 0) is 27.6 Å². The SMILES string of the molecule is CCCCCCC1=C(Cl)/C(=C\CCCCCCCC(=O)OC)P(OC)(OC)(OC)O1. The van der Waals surface area contributed by atoms with Crippen LogP contribution in [0.5, 0.6) is 0 Å². The van der Waals surface area contributed by atoms with Gasteiger partial charge in [-0.3, -0.25) is 0 Å². The second kappa shape index (κ2) is 13.7. The molecule has 0 unspecified atom stereocenters. The van der Waals surface area contributed by atoms with Crippen LogP contribution in [0.25, 0.3) is 0 Å². The maximum atomic E-state index is 11.1. The van der Waals surface area contributed by atoms with Crippen LogP contribution < -0.4 is 0 Å². The fourth-order valence-electron chi connectivity index (χ4n) is 3.60. The van der Waals surface area contributed by atoms with Gasteiger partial charge in [-0.1, -0.05) is 0 Å². The number of ether oxygens (including phenoxy) is 1. The first-order valence-electron chi connectivity index (χ1n) is 11.0. The number of hydrogen-bond donors (Lipinski definition) is 0. The Morgan fingerprint density at radius 1 is 0.933 bits per heavy atom. The Balaban J connectivity index is 2.72. The zero-order chi connectivity index (χ0) is 22.5. The standard InChI is InChI=1S/C22H40ClO6P/c1-6-7-8-13-16-19-22(23)20(30(26-3,27-4,28-5)29-19)17-14-11-9-10-12-15-18-21(24)25-2/h17H,6-16,18H2,1-5H3/b20-17+. The Hall–Kier alpha value is -0.650. The first-order chi connectivity index (χ1) is 14.4. The Bertz CT molecular complexity index is 589. The van der Waals surface area contributed by atoms with E-state index in [1.165, 1.54) is 20.0 Å². The molecule has 0 spiro atoms. The van der Waals surface area contributed by atoms with E-state index >= 15 is 0 Å². The number of rotatable bonds is 16. The van der Waals surface area contributed by atoms with Gasteiger partial charge in [0, 0.05) is 0 Å². The van der Waals surface area contributed by atoms with Gasteiger partial charge in [-0.2, -0.15) is 0 Å². The van der Waals surface area contributed by atoms with Crippen molar-refractivity contribution in [2.45, 2.75) is 84.0 Å². The first kappa shape index (κ1) is 27.4. The third-order valence-electron chi connectivity index (χ3n) is 5.48. The molecule has 8 heteroatoms. The number of carbonyl (C=O) groups is 1.